The second-order valence-corrected chi connectivity index (χ2v) is 4.96. The largest absolute Gasteiger partial charge is 0.378 e. The second kappa shape index (κ2) is 6.22. The average molecular weight is 250 g/mol. The van der Waals surface area contributed by atoms with Gasteiger partial charge in [-0.25, -0.2) is 0 Å². The summed E-state index contributed by atoms with van der Waals surface area (Å²) in [5.41, 5.74) is 5.89. The van der Waals surface area contributed by atoms with Gasteiger partial charge in [-0.1, -0.05) is 0 Å². The average Bonchev–Trinajstić information content (AvgIpc) is 2.87. The Morgan fingerprint density at radius 1 is 1.50 bits per heavy atom. The number of nitrogens with one attached hydrogen (secondary N) is 1. The summed E-state index contributed by atoms with van der Waals surface area (Å²) in [5.74, 6) is 5.67. The molecule has 2 atom stereocenters. The number of hydrogen-bond donors (Lipinski definition) is 2. The zero-order chi connectivity index (χ0) is 13.0. The lowest BCUT2D eigenvalue weighted by Crippen LogP contribution is -2.29. The van der Waals surface area contributed by atoms with Crippen molar-refractivity contribution in [2.75, 3.05) is 6.61 Å². The van der Waals surface area contributed by atoms with Crippen molar-refractivity contribution in [1.29, 1.82) is 0 Å². The van der Waals surface area contributed by atoms with Gasteiger partial charge in [0.2, 0.25) is 0 Å². The Balaban J connectivity index is 2.00. The van der Waals surface area contributed by atoms with E-state index >= 15 is 0 Å². The quantitative estimate of drug-likeness (QED) is 0.613. The van der Waals surface area contributed by atoms with Crippen molar-refractivity contribution in [1.82, 2.24) is 15.6 Å². The molecule has 1 aliphatic heterocycles. The zero-order valence-electron chi connectivity index (χ0n) is 11.1. The van der Waals surface area contributed by atoms with Crippen LogP contribution in [0.4, 0.5) is 0 Å². The van der Waals surface area contributed by atoms with Crippen LogP contribution in [-0.2, 0) is 4.74 Å². The summed E-state index contributed by atoms with van der Waals surface area (Å²) in [5, 5.41) is 8.20. The molecule has 0 bridgehead atoms. The predicted octanol–water partition coefficient (Wildman–Crippen LogP) is 1.56. The van der Waals surface area contributed by atoms with E-state index < -0.39 is 0 Å². The lowest BCUT2D eigenvalue weighted by Gasteiger charge is -2.19. The summed E-state index contributed by atoms with van der Waals surface area (Å²) < 4.78 is 5.64. The number of nitrogens with two attached hydrogens (primary N) is 1. The molecular weight excluding hydrogens is 228 g/mol. The van der Waals surface area contributed by atoms with Gasteiger partial charge in [-0.3, -0.25) is 11.3 Å². The first-order chi connectivity index (χ1) is 8.70. The van der Waals surface area contributed by atoms with Crippen LogP contribution in [0.3, 0.4) is 0 Å². The van der Waals surface area contributed by atoms with Crippen LogP contribution in [0.15, 0.2) is 6.07 Å². The maximum absolute atomic E-state index is 5.67. The van der Waals surface area contributed by atoms with Gasteiger partial charge in [0.15, 0.2) is 0 Å². The highest BCUT2D eigenvalue weighted by Crippen LogP contribution is 2.24. The van der Waals surface area contributed by atoms with E-state index in [1.165, 1.54) is 12.8 Å². The standard InChI is InChI=1S/C13H22N4O/c1-9-8-12(10(2)17-16-9)13(15-14)6-5-11-4-3-7-18-11/h8,11,13,15H,3-7,14H2,1-2H3. The number of rotatable bonds is 5. The summed E-state index contributed by atoms with van der Waals surface area (Å²) in [6.45, 7) is 4.82. The number of nitrogens with zero attached hydrogens (tertiary/aromatic N) is 2. The van der Waals surface area contributed by atoms with Crippen molar-refractivity contribution in [3.8, 4) is 0 Å². The Labute approximate surface area is 108 Å². The molecule has 2 rings (SSSR count). The minimum atomic E-state index is 0.128. The maximum Gasteiger partial charge on any atom is 0.0648 e. The lowest BCUT2D eigenvalue weighted by molar-refractivity contribution is 0.0995. The molecule has 18 heavy (non-hydrogen) atoms. The first-order valence-electron chi connectivity index (χ1n) is 6.59. The molecule has 1 aromatic rings. The topological polar surface area (TPSA) is 73.1 Å². The van der Waals surface area contributed by atoms with Gasteiger partial charge in [0.05, 0.1) is 17.5 Å². The molecule has 1 aromatic heterocycles. The van der Waals surface area contributed by atoms with Crippen LogP contribution in [0.1, 0.15) is 48.7 Å². The molecule has 5 heteroatoms. The fourth-order valence-corrected chi connectivity index (χ4v) is 2.48. The summed E-state index contributed by atoms with van der Waals surface area (Å²) in [6.07, 6.45) is 4.75. The molecular formula is C13H22N4O. The number of aryl methyl sites for hydroxylation is 2. The molecule has 1 fully saturated rings. The smallest absolute Gasteiger partial charge is 0.0648 e. The molecule has 0 amide bonds. The van der Waals surface area contributed by atoms with Crippen LogP contribution < -0.4 is 11.3 Å². The fourth-order valence-electron chi connectivity index (χ4n) is 2.48. The minimum Gasteiger partial charge on any atom is -0.378 e. The highest BCUT2D eigenvalue weighted by Gasteiger charge is 2.19. The SMILES string of the molecule is Cc1cc(C(CCC2CCCO2)NN)c(C)nn1. The molecule has 5 nitrogen and oxygen atoms in total. The van der Waals surface area contributed by atoms with E-state index in [9.17, 15) is 0 Å². The Kier molecular flexibility index (Phi) is 4.63. The third-order valence-corrected chi connectivity index (χ3v) is 3.52. The Bertz CT molecular complexity index is 391. The van der Waals surface area contributed by atoms with Crippen molar-refractivity contribution >= 4 is 0 Å². The van der Waals surface area contributed by atoms with Crippen LogP contribution in [0, 0.1) is 13.8 Å². The predicted molar refractivity (Wildman–Crippen MR) is 69.8 cm³/mol. The van der Waals surface area contributed by atoms with E-state index in [2.05, 4.69) is 21.7 Å². The van der Waals surface area contributed by atoms with E-state index in [1.807, 2.05) is 13.8 Å². The molecule has 1 aliphatic rings. The molecule has 0 spiro atoms. The highest BCUT2D eigenvalue weighted by molar-refractivity contribution is 5.23. The molecule has 0 aliphatic carbocycles. The van der Waals surface area contributed by atoms with Crippen LogP contribution in [-0.4, -0.2) is 22.9 Å². The van der Waals surface area contributed by atoms with Crippen LogP contribution >= 0.6 is 0 Å². The molecule has 100 valence electrons. The second-order valence-electron chi connectivity index (χ2n) is 4.96. The minimum absolute atomic E-state index is 0.128. The van der Waals surface area contributed by atoms with E-state index in [0.717, 1.165) is 36.4 Å². The molecule has 0 aromatic carbocycles. The first kappa shape index (κ1) is 13.4. The number of aromatic nitrogens is 2. The van der Waals surface area contributed by atoms with E-state index in [-0.39, 0.29) is 6.04 Å². The maximum atomic E-state index is 5.67. The summed E-state index contributed by atoms with van der Waals surface area (Å²) in [7, 11) is 0. The van der Waals surface area contributed by atoms with Gasteiger partial charge >= 0.3 is 0 Å². The molecule has 0 radical (unpaired) electrons. The fraction of sp³-hybridized carbons (Fsp3) is 0.692. The normalized spacial score (nSPS) is 21.2. The van der Waals surface area contributed by atoms with Crippen molar-refractivity contribution in [2.45, 2.75) is 51.7 Å². The Morgan fingerprint density at radius 3 is 3.00 bits per heavy atom. The third kappa shape index (κ3) is 3.25. The van der Waals surface area contributed by atoms with Gasteiger partial charge in [0.1, 0.15) is 0 Å². The lowest BCUT2D eigenvalue weighted by atomic mass is 9.99. The Hall–Kier alpha value is -1.04. The van der Waals surface area contributed by atoms with Crippen molar-refractivity contribution in [3.63, 3.8) is 0 Å². The van der Waals surface area contributed by atoms with Crippen molar-refractivity contribution < 1.29 is 4.74 Å². The van der Waals surface area contributed by atoms with E-state index in [1.54, 1.807) is 0 Å². The monoisotopic (exact) mass is 250 g/mol. The van der Waals surface area contributed by atoms with Crippen LogP contribution in [0.2, 0.25) is 0 Å². The van der Waals surface area contributed by atoms with Crippen molar-refractivity contribution in [3.05, 3.63) is 23.0 Å². The highest BCUT2D eigenvalue weighted by atomic mass is 16.5. The number of ether oxygens (including phenoxy) is 1. The first-order valence-corrected chi connectivity index (χ1v) is 6.59. The molecule has 3 N–H and O–H groups in total. The number of hydrogen-bond acceptors (Lipinski definition) is 5. The van der Waals surface area contributed by atoms with Crippen LogP contribution in [0.25, 0.3) is 0 Å². The molecule has 0 saturated carbocycles. The third-order valence-electron chi connectivity index (χ3n) is 3.52. The number of hydrazine groups is 1. The molecule has 2 unspecified atom stereocenters. The van der Waals surface area contributed by atoms with Gasteiger partial charge in [0, 0.05) is 12.6 Å². The summed E-state index contributed by atoms with van der Waals surface area (Å²) in [4.78, 5) is 0. The molecule has 2 heterocycles. The van der Waals surface area contributed by atoms with Crippen molar-refractivity contribution in [2.24, 2.45) is 5.84 Å². The van der Waals surface area contributed by atoms with Crippen LogP contribution in [0.5, 0.6) is 0 Å². The summed E-state index contributed by atoms with van der Waals surface area (Å²) >= 11 is 0. The van der Waals surface area contributed by atoms with E-state index in [0.29, 0.717) is 6.10 Å². The van der Waals surface area contributed by atoms with E-state index in [4.69, 9.17) is 10.6 Å². The van der Waals surface area contributed by atoms with Gasteiger partial charge in [-0.05, 0) is 51.2 Å². The van der Waals surface area contributed by atoms with Gasteiger partial charge in [-0.2, -0.15) is 10.2 Å². The van der Waals surface area contributed by atoms with Gasteiger partial charge in [0.25, 0.3) is 0 Å². The van der Waals surface area contributed by atoms with Gasteiger partial charge < -0.3 is 4.74 Å². The summed E-state index contributed by atoms with van der Waals surface area (Å²) in [6, 6.07) is 2.19. The zero-order valence-corrected chi connectivity index (χ0v) is 11.1. The van der Waals surface area contributed by atoms with Gasteiger partial charge in [-0.15, -0.1) is 0 Å². The Morgan fingerprint density at radius 2 is 2.33 bits per heavy atom. The molecule has 1 saturated heterocycles.